The van der Waals surface area contributed by atoms with Gasteiger partial charge in [0.05, 0.1) is 4.47 Å². The minimum Gasteiger partial charge on any atom is -0.365 e. The minimum atomic E-state index is 0.487. The average molecular weight is 271 g/mol. The molecule has 1 saturated heterocycles. The van der Waals surface area contributed by atoms with E-state index in [1.165, 1.54) is 0 Å². The summed E-state index contributed by atoms with van der Waals surface area (Å²) >= 11 is 3.46. The van der Waals surface area contributed by atoms with Gasteiger partial charge in [0.2, 0.25) is 0 Å². The van der Waals surface area contributed by atoms with Gasteiger partial charge >= 0.3 is 0 Å². The molecule has 1 aliphatic rings. The standard InChI is InChI=1S/C10H15BrN4/c1-2-9-13-6-8(11)10(15-9)14-7-3-4-12-5-7/h6-7,12H,2-5H2,1H3,(H,13,14,15). The fourth-order valence-electron chi connectivity index (χ4n) is 1.65. The fourth-order valence-corrected chi connectivity index (χ4v) is 1.95. The van der Waals surface area contributed by atoms with Gasteiger partial charge in [-0.15, -0.1) is 0 Å². The Morgan fingerprint density at radius 2 is 2.53 bits per heavy atom. The van der Waals surface area contributed by atoms with Crippen LogP contribution in [-0.2, 0) is 6.42 Å². The van der Waals surface area contributed by atoms with Crippen molar-refractivity contribution >= 4 is 21.7 Å². The van der Waals surface area contributed by atoms with Crippen LogP contribution >= 0.6 is 15.9 Å². The van der Waals surface area contributed by atoms with Crippen molar-refractivity contribution in [1.29, 1.82) is 0 Å². The molecule has 82 valence electrons. The zero-order valence-corrected chi connectivity index (χ0v) is 10.3. The zero-order chi connectivity index (χ0) is 10.7. The maximum Gasteiger partial charge on any atom is 0.144 e. The highest BCUT2D eigenvalue weighted by atomic mass is 79.9. The summed E-state index contributed by atoms with van der Waals surface area (Å²) in [6.07, 6.45) is 3.83. The topological polar surface area (TPSA) is 49.8 Å². The van der Waals surface area contributed by atoms with Crippen molar-refractivity contribution in [1.82, 2.24) is 15.3 Å². The number of nitrogens with zero attached hydrogens (tertiary/aromatic N) is 2. The van der Waals surface area contributed by atoms with Gasteiger partial charge in [0.1, 0.15) is 11.6 Å². The second-order valence-corrected chi connectivity index (χ2v) is 4.52. The van der Waals surface area contributed by atoms with E-state index in [-0.39, 0.29) is 0 Å². The number of hydrogen-bond donors (Lipinski definition) is 2. The van der Waals surface area contributed by atoms with E-state index in [1.807, 2.05) is 6.20 Å². The molecule has 5 heteroatoms. The van der Waals surface area contributed by atoms with Gasteiger partial charge in [-0.25, -0.2) is 9.97 Å². The van der Waals surface area contributed by atoms with E-state index < -0.39 is 0 Å². The molecule has 1 fully saturated rings. The first-order chi connectivity index (χ1) is 7.29. The van der Waals surface area contributed by atoms with E-state index >= 15 is 0 Å². The maximum atomic E-state index is 4.46. The first-order valence-corrected chi connectivity index (χ1v) is 6.07. The molecule has 1 aromatic heterocycles. The Morgan fingerprint density at radius 3 is 3.20 bits per heavy atom. The van der Waals surface area contributed by atoms with Crippen LogP contribution in [0.25, 0.3) is 0 Å². The molecule has 0 bridgehead atoms. The molecule has 0 aromatic carbocycles. The van der Waals surface area contributed by atoms with Crippen LogP contribution in [0.4, 0.5) is 5.82 Å². The lowest BCUT2D eigenvalue weighted by Gasteiger charge is -2.13. The summed E-state index contributed by atoms with van der Waals surface area (Å²) in [7, 11) is 0. The van der Waals surface area contributed by atoms with Crippen LogP contribution in [0, 0.1) is 0 Å². The van der Waals surface area contributed by atoms with Crippen LogP contribution in [-0.4, -0.2) is 29.1 Å². The summed E-state index contributed by atoms with van der Waals surface area (Å²) < 4.78 is 0.937. The quantitative estimate of drug-likeness (QED) is 0.876. The Morgan fingerprint density at radius 1 is 1.67 bits per heavy atom. The van der Waals surface area contributed by atoms with Crippen molar-refractivity contribution in [3.8, 4) is 0 Å². The molecule has 0 aliphatic carbocycles. The third-order valence-corrected chi connectivity index (χ3v) is 3.09. The Balaban J connectivity index is 2.11. The Kier molecular flexibility index (Phi) is 3.53. The smallest absolute Gasteiger partial charge is 0.144 e. The van der Waals surface area contributed by atoms with Gasteiger partial charge in [-0.3, -0.25) is 0 Å². The third-order valence-electron chi connectivity index (χ3n) is 2.51. The number of halogens is 1. The molecule has 2 heterocycles. The predicted molar refractivity (Wildman–Crippen MR) is 64.0 cm³/mol. The number of aromatic nitrogens is 2. The second kappa shape index (κ2) is 4.90. The molecule has 1 aromatic rings. The maximum absolute atomic E-state index is 4.46. The molecule has 4 nitrogen and oxygen atoms in total. The van der Waals surface area contributed by atoms with Gasteiger partial charge in [-0.1, -0.05) is 6.92 Å². The predicted octanol–water partition coefficient (Wildman–Crippen LogP) is 1.58. The molecule has 1 unspecified atom stereocenters. The van der Waals surface area contributed by atoms with E-state index in [2.05, 4.69) is 43.5 Å². The minimum absolute atomic E-state index is 0.487. The Hall–Kier alpha value is -0.680. The van der Waals surface area contributed by atoms with Crippen LogP contribution in [0.1, 0.15) is 19.2 Å². The van der Waals surface area contributed by atoms with Gasteiger partial charge in [0.25, 0.3) is 0 Å². The lowest BCUT2D eigenvalue weighted by molar-refractivity contribution is 0.781. The monoisotopic (exact) mass is 270 g/mol. The summed E-state index contributed by atoms with van der Waals surface area (Å²) in [4.78, 5) is 8.68. The van der Waals surface area contributed by atoms with Gasteiger partial charge in [-0.2, -0.15) is 0 Å². The van der Waals surface area contributed by atoms with Crippen LogP contribution in [0.15, 0.2) is 10.7 Å². The molecule has 0 radical (unpaired) electrons. The lowest BCUT2D eigenvalue weighted by atomic mass is 10.2. The second-order valence-electron chi connectivity index (χ2n) is 3.67. The van der Waals surface area contributed by atoms with Crippen molar-refractivity contribution in [3.63, 3.8) is 0 Å². The summed E-state index contributed by atoms with van der Waals surface area (Å²) in [5, 5.41) is 6.74. The Bertz CT molecular complexity index is 336. The fraction of sp³-hybridized carbons (Fsp3) is 0.600. The molecule has 1 aliphatic heterocycles. The van der Waals surface area contributed by atoms with E-state index in [9.17, 15) is 0 Å². The van der Waals surface area contributed by atoms with Crippen molar-refractivity contribution in [2.24, 2.45) is 0 Å². The molecule has 2 rings (SSSR count). The molecular formula is C10H15BrN4. The molecule has 1 atom stereocenters. The van der Waals surface area contributed by atoms with Gasteiger partial charge in [0, 0.05) is 25.2 Å². The largest absolute Gasteiger partial charge is 0.365 e. The first kappa shape index (κ1) is 10.8. The average Bonchev–Trinajstić information content (AvgIpc) is 2.74. The summed E-state index contributed by atoms with van der Waals surface area (Å²) in [6.45, 7) is 4.16. The molecular weight excluding hydrogens is 256 g/mol. The summed E-state index contributed by atoms with van der Waals surface area (Å²) in [5.41, 5.74) is 0. The molecule has 0 amide bonds. The molecule has 0 spiro atoms. The molecule has 2 N–H and O–H groups in total. The van der Waals surface area contributed by atoms with Crippen LogP contribution in [0.2, 0.25) is 0 Å². The van der Waals surface area contributed by atoms with Crippen molar-refractivity contribution in [2.75, 3.05) is 18.4 Å². The number of anilines is 1. The number of aryl methyl sites for hydroxylation is 1. The van der Waals surface area contributed by atoms with E-state index in [1.54, 1.807) is 0 Å². The number of hydrogen-bond acceptors (Lipinski definition) is 4. The van der Waals surface area contributed by atoms with Gasteiger partial charge < -0.3 is 10.6 Å². The number of rotatable bonds is 3. The van der Waals surface area contributed by atoms with Crippen LogP contribution in [0.5, 0.6) is 0 Å². The van der Waals surface area contributed by atoms with Crippen molar-refractivity contribution in [3.05, 3.63) is 16.5 Å². The normalized spacial score (nSPS) is 20.5. The van der Waals surface area contributed by atoms with Crippen molar-refractivity contribution < 1.29 is 0 Å². The highest BCUT2D eigenvalue weighted by Gasteiger charge is 2.15. The zero-order valence-electron chi connectivity index (χ0n) is 8.76. The highest BCUT2D eigenvalue weighted by molar-refractivity contribution is 9.10. The highest BCUT2D eigenvalue weighted by Crippen LogP contribution is 2.20. The van der Waals surface area contributed by atoms with Crippen LogP contribution in [0.3, 0.4) is 0 Å². The van der Waals surface area contributed by atoms with Gasteiger partial charge in [-0.05, 0) is 28.9 Å². The van der Waals surface area contributed by atoms with E-state index in [0.717, 1.165) is 42.0 Å². The lowest BCUT2D eigenvalue weighted by Crippen LogP contribution is -2.23. The van der Waals surface area contributed by atoms with E-state index in [4.69, 9.17) is 0 Å². The third kappa shape index (κ3) is 2.66. The molecule has 15 heavy (non-hydrogen) atoms. The first-order valence-electron chi connectivity index (χ1n) is 5.28. The SMILES string of the molecule is CCc1ncc(Br)c(NC2CCNC2)n1. The van der Waals surface area contributed by atoms with Crippen molar-refractivity contribution in [2.45, 2.75) is 25.8 Å². The van der Waals surface area contributed by atoms with E-state index in [0.29, 0.717) is 6.04 Å². The van der Waals surface area contributed by atoms with Gasteiger partial charge in [0.15, 0.2) is 0 Å². The Labute approximate surface area is 98.0 Å². The molecule has 0 saturated carbocycles. The van der Waals surface area contributed by atoms with Crippen LogP contribution < -0.4 is 10.6 Å². The number of nitrogens with one attached hydrogen (secondary N) is 2. The summed E-state index contributed by atoms with van der Waals surface area (Å²) in [5.74, 6) is 1.79. The summed E-state index contributed by atoms with van der Waals surface area (Å²) in [6, 6.07) is 0.487.